The van der Waals surface area contributed by atoms with Gasteiger partial charge in [-0.25, -0.2) is 9.97 Å². The van der Waals surface area contributed by atoms with Gasteiger partial charge in [0.25, 0.3) is 5.91 Å². The van der Waals surface area contributed by atoms with E-state index < -0.39 is 0 Å². The molecule has 0 aliphatic heterocycles. The van der Waals surface area contributed by atoms with Crippen LogP contribution in [0, 0.1) is 11.3 Å². The highest BCUT2D eigenvalue weighted by atomic mass is 16.5. The van der Waals surface area contributed by atoms with Crippen LogP contribution >= 0.6 is 0 Å². The van der Waals surface area contributed by atoms with Gasteiger partial charge < -0.3 is 14.6 Å². The Morgan fingerprint density at radius 1 is 1.25 bits per heavy atom. The van der Waals surface area contributed by atoms with Gasteiger partial charge in [0.1, 0.15) is 11.6 Å². The quantitative estimate of drug-likeness (QED) is 0.250. The molecule has 0 aliphatic carbocycles. The number of carbonyl (C=O) groups excluding carboxylic acids is 2. The highest BCUT2D eigenvalue weighted by molar-refractivity contribution is 6.09. The molecule has 0 spiro atoms. The summed E-state index contributed by atoms with van der Waals surface area (Å²) in [5.41, 5.74) is 2.36. The first kappa shape index (κ1) is 25.9. The Hall–Kier alpha value is -4.71. The summed E-state index contributed by atoms with van der Waals surface area (Å²) in [4.78, 5) is 35.7. The van der Waals surface area contributed by atoms with Gasteiger partial charge >= 0.3 is 5.97 Å². The Morgan fingerprint density at radius 3 is 2.67 bits per heavy atom. The van der Waals surface area contributed by atoms with Crippen LogP contribution in [0.3, 0.4) is 0 Å². The lowest BCUT2D eigenvalue weighted by Gasteiger charge is -2.21. The molecule has 184 valence electrons. The van der Waals surface area contributed by atoms with Gasteiger partial charge in [-0.3, -0.25) is 14.5 Å². The van der Waals surface area contributed by atoms with Crippen LogP contribution in [0.1, 0.15) is 30.4 Å². The molecule has 0 radical (unpaired) electrons. The predicted molar refractivity (Wildman–Crippen MR) is 138 cm³/mol. The van der Waals surface area contributed by atoms with E-state index in [2.05, 4.69) is 27.9 Å². The number of amides is 1. The normalized spacial score (nSPS) is 10.9. The Balaban J connectivity index is 1.78. The van der Waals surface area contributed by atoms with E-state index in [0.29, 0.717) is 29.2 Å². The smallest absolute Gasteiger partial charge is 0.307 e. The molecule has 3 rings (SSSR count). The predicted octanol–water partition coefficient (Wildman–Crippen LogP) is 3.85. The number of carbonyl (C=O) groups is 2. The molecule has 0 aliphatic rings. The topological polar surface area (TPSA) is 113 Å². The maximum Gasteiger partial charge on any atom is 0.307 e. The Bertz CT molecular complexity index is 1270. The van der Waals surface area contributed by atoms with Crippen molar-refractivity contribution in [3.63, 3.8) is 0 Å². The molecular formula is C27H28N6O3. The van der Waals surface area contributed by atoms with Crippen molar-refractivity contribution >= 4 is 29.5 Å². The third-order valence-corrected chi connectivity index (χ3v) is 5.24. The number of aromatic nitrogens is 3. The third-order valence-electron chi connectivity index (χ3n) is 5.24. The number of esters is 1. The molecule has 2 aromatic heterocycles. The number of hydrogen-bond donors (Lipinski definition) is 1. The maximum absolute atomic E-state index is 13.4. The van der Waals surface area contributed by atoms with Crippen LogP contribution in [0.2, 0.25) is 0 Å². The molecule has 0 fully saturated rings. The molecule has 0 saturated heterocycles. The Morgan fingerprint density at radius 2 is 2.03 bits per heavy atom. The first-order valence-corrected chi connectivity index (χ1v) is 11.4. The molecule has 1 amide bonds. The first-order chi connectivity index (χ1) is 17.4. The fourth-order valence-corrected chi connectivity index (χ4v) is 3.40. The number of nitriles is 1. The van der Waals surface area contributed by atoms with Gasteiger partial charge in [-0.15, -0.1) is 0 Å². The number of aryl methyl sites for hydroxylation is 1. The average molecular weight is 485 g/mol. The minimum absolute atomic E-state index is 0.0370. The van der Waals surface area contributed by atoms with Gasteiger partial charge in [-0.1, -0.05) is 18.7 Å². The monoisotopic (exact) mass is 484 g/mol. The number of nitrogens with one attached hydrogen (secondary N) is 1. The maximum atomic E-state index is 13.4. The van der Waals surface area contributed by atoms with Gasteiger partial charge in [0.2, 0.25) is 0 Å². The van der Waals surface area contributed by atoms with E-state index in [1.165, 1.54) is 11.0 Å². The Kier molecular flexibility index (Phi) is 9.12. The SMILES string of the molecule is C=CC(=Cc1cn(C)c(CNc2ccc(C#N)cc2)n1)C(=O)N(CCC(=O)OCC)c1ccccn1. The average Bonchev–Trinajstić information content (AvgIpc) is 3.25. The number of pyridine rings is 1. The van der Waals surface area contributed by atoms with Crippen LogP contribution in [0.25, 0.3) is 6.08 Å². The van der Waals surface area contributed by atoms with Crippen molar-refractivity contribution in [2.75, 3.05) is 23.4 Å². The van der Waals surface area contributed by atoms with Crippen molar-refractivity contribution < 1.29 is 14.3 Å². The summed E-state index contributed by atoms with van der Waals surface area (Å²) < 4.78 is 6.87. The number of rotatable bonds is 11. The van der Waals surface area contributed by atoms with Crippen molar-refractivity contribution in [2.24, 2.45) is 7.05 Å². The molecule has 0 atom stereocenters. The molecule has 0 saturated carbocycles. The van der Waals surface area contributed by atoms with E-state index in [0.717, 1.165) is 11.5 Å². The van der Waals surface area contributed by atoms with Gasteiger partial charge in [0, 0.05) is 37.2 Å². The number of nitrogens with zero attached hydrogens (tertiary/aromatic N) is 5. The molecule has 1 aromatic carbocycles. The molecule has 9 heteroatoms. The summed E-state index contributed by atoms with van der Waals surface area (Å²) >= 11 is 0. The number of imidazole rings is 1. The molecule has 36 heavy (non-hydrogen) atoms. The molecule has 2 heterocycles. The summed E-state index contributed by atoms with van der Waals surface area (Å²) in [6.45, 7) is 6.37. The van der Waals surface area contributed by atoms with Crippen molar-refractivity contribution in [3.8, 4) is 6.07 Å². The lowest BCUT2D eigenvalue weighted by Crippen LogP contribution is -2.34. The third kappa shape index (κ3) is 6.90. The second-order valence-electron chi connectivity index (χ2n) is 7.74. The van der Waals surface area contributed by atoms with Crippen molar-refractivity contribution in [1.29, 1.82) is 5.26 Å². The van der Waals surface area contributed by atoms with Gasteiger partial charge in [0.05, 0.1) is 36.9 Å². The molecule has 1 N–H and O–H groups in total. The van der Waals surface area contributed by atoms with Gasteiger partial charge in [-0.05, 0) is 49.4 Å². The van der Waals surface area contributed by atoms with Crippen LogP contribution in [0.5, 0.6) is 0 Å². The summed E-state index contributed by atoms with van der Waals surface area (Å²) in [5.74, 6) is 0.439. The highest BCUT2D eigenvalue weighted by Gasteiger charge is 2.21. The zero-order valence-electron chi connectivity index (χ0n) is 20.3. The first-order valence-electron chi connectivity index (χ1n) is 11.4. The number of anilines is 2. The van der Waals surface area contributed by atoms with E-state index in [4.69, 9.17) is 10.00 Å². The fraction of sp³-hybridized carbons (Fsp3) is 0.222. The van der Waals surface area contributed by atoms with Crippen molar-refractivity contribution in [3.05, 3.63) is 90.2 Å². The molecule has 0 unspecified atom stereocenters. The van der Waals surface area contributed by atoms with E-state index in [1.807, 2.05) is 29.9 Å². The second kappa shape index (κ2) is 12.7. The van der Waals surface area contributed by atoms with Crippen LogP contribution in [0.15, 0.2) is 73.1 Å². The van der Waals surface area contributed by atoms with Crippen LogP contribution < -0.4 is 10.2 Å². The zero-order chi connectivity index (χ0) is 25.9. The van der Waals surface area contributed by atoms with Gasteiger partial charge in [0.15, 0.2) is 0 Å². The minimum Gasteiger partial charge on any atom is -0.466 e. The fourth-order valence-electron chi connectivity index (χ4n) is 3.40. The lowest BCUT2D eigenvalue weighted by molar-refractivity contribution is -0.142. The van der Waals surface area contributed by atoms with E-state index in [-0.39, 0.29) is 31.4 Å². The summed E-state index contributed by atoms with van der Waals surface area (Å²) in [6, 6.07) is 14.5. The van der Waals surface area contributed by atoms with E-state index >= 15 is 0 Å². The number of ether oxygens (including phenoxy) is 1. The van der Waals surface area contributed by atoms with Crippen LogP contribution in [0.4, 0.5) is 11.5 Å². The molecular weight excluding hydrogens is 456 g/mol. The molecule has 3 aromatic rings. The van der Waals surface area contributed by atoms with Crippen LogP contribution in [-0.2, 0) is 27.9 Å². The van der Waals surface area contributed by atoms with Gasteiger partial charge in [-0.2, -0.15) is 5.26 Å². The van der Waals surface area contributed by atoms with Crippen LogP contribution in [-0.4, -0.2) is 39.6 Å². The summed E-state index contributed by atoms with van der Waals surface area (Å²) in [6.07, 6.45) is 6.56. The Labute approximate surface area is 210 Å². The second-order valence-corrected chi connectivity index (χ2v) is 7.74. The van der Waals surface area contributed by atoms with Crippen molar-refractivity contribution in [1.82, 2.24) is 14.5 Å². The summed E-state index contributed by atoms with van der Waals surface area (Å²) in [7, 11) is 1.87. The molecule has 0 bridgehead atoms. The minimum atomic E-state index is -0.389. The lowest BCUT2D eigenvalue weighted by atomic mass is 10.1. The summed E-state index contributed by atoms with van der Waals surface area (Å²) in [5, 5.41) is 12.2. The zero-order valence-corrected chi connectivity index (χ0v) is 20.3. The number of benzene rings is 1. The van der Waals surface area contributed by atoms with Crippen molar-refractivity contribution in [2.45, 2.75) is 19.9 Å². The molecule has 9 nitrogen and oxygen atoms in total. The van der Waals surface area contributed by atoms with E-state index in [9.17, 15) is 9.59 Å². The standard InChI is InChI=1S/C27H28N6O3/c1-4-21(27(35)33(15-13-26(34)36-5-2)24-8-6-7-14-29-24)16-23-19-32(3)25(31-23)18-30-22-11-9-20(17-28)10-12-22/h4,6-12,14,16,19,30H,1,5,13,15,18H2,2-3H3. The van der Waals surface area contributed by atoms with E-state index in [1.54, 1.807) is 49.5 Å². The largest absolute Gasteiger partial charge is 0.466 e. The number of hydrogen-bond acceptors (Lipinski definition) is 7. The highest BCUT2D eigenvalue weighted by Crippen LogP contribution is 2.18.